The summed E-state index contributed by atoms with van der Waals surface area (Å²) in [6, 6.07) is 3.37. The predicted octanol–water partition coefficient (Wildman–Crippen LogP) is 2.52. The number of carbonyl (C=O) groups is 2. The highest BCUT2D eigenvalue weighted by molar-refractivity contribution is 6.35. The number of carbonyl (C=O) groups excluding carboxylic acids is 2. The highest BCUT2D eigenvalue weighted by Gasteiger charge is 2.42. The van der Waals surface area contributed by atoms with Crippen LogP contribution >= 0.6 is 23.2 Å². The molecule has 1 N–H and O–H groups in total. The molecular formula is C19H22Cl2N2O3. The van der Waals surface area contributed by atoms with Gasteiger partial charge in [-0.3, -0.25) is 9.59 Å². The van der Waals surface area contributed by atoms with Crippen molar-refractivity contribution in [3.8, 4) is 0 Å². The molecule has 0 spiro atoms. The predicted molar refractivity (Wildman–Crippen MR) is 101 cm³/mol. The molecule has 0 saturated carbocycles. The van der Waals surface area contributed by atoms with E-state index in [-0.39, 0.29) is 18.4 Å². The third-order valence-electron chi connectivity index (χ3n) is 5.32. The van der Waals surface area contributed by atoms with Crippen molar-refractivity contribution in [3.05, 3.63) is 46.0 Å². The smallest absolute Gasteiger partial charge is 0.245 e. The van der Waals surface area contributed by atoms with Crippen molar-refractivity contribution in [1.29, 1.82) is 0 Å². The third-order valence-corrected chi connectivity index (χ3v) is 6.02. The van der Waals surface area contributed by atoms with Crippen LogP contribution in [0.25, 0.3) is 0 Å². The second kappa shape index (κ2) is 7.99. The zero-order chi connectivity index (χ0) is 18.8. The molecule has 0 aliphatic carbocycles. The molecule has 7 heteroatoms. The first-order valence-corrected chi connectivity index (χ1v) is 9.45. The summed E-state index contributed by atoms with van der Waals surface area (Å²) in [5, 5.41) is 10.3. The number of rotatable bonds is 5. The maximum Gasteiger partial charge on any atom is 0.245 e. The highest BCUT2D eigenvalue weighted by atomic mass is 35.5. The van der Waals surface area contributed by atoms with Gasteiger partial charge in [0.1, 0.15) is 0 Å². The molecule has 1 aromatic rings. The minimum absolute atomic E-state index is 0.0330. The number of hydrogen-bond acceptors (Lipinski definition) is 3. The molecule has 140 valence electrons. The Hall–Kier alpha value is -1.56. The summed E-state index contributed by atoms with van der Waals surface area (Å²) in [6.45, 7) is 6.15. The first-order chi connectivity index (χ1) is 12.4. The van der Waals surface area contributed by atoms with Crippen molar-refractivity contribution in [1.82, 2.24) is 9.80 Å². The number of halogens is 2. The lowest BCUT2D eigenvalue weighted by atomic mass is 10.0. The van der Waals surface area contributed by atoms with Crippen LogP contribution in [-0.4, -0.2) is 52.9 Å². The van der Waals surface area contributed by atoms with Gasteiger partial charge in [-0.25, -0.2) is 0 Å². The molecule has 0 radical (unpaired) electrons. The Bertz CT molecular complexity index is 724. The summed E-state index contributed by atoms with van der Waals surface area (Å²) in [5.41, 5.74) is 1.43. The van der Waals surface area contributed by atoms with Crippen molar-refractivity contribution in [2.45, 2.75) is 19.4 Å². The van der Waals surface area contributed by atoms with Crippen molar-refractivity contribution < 1.29 is 14.7 Å². The molecule has 2 saturated heterocycles. The third kappa shape index (κ3) is 3.90. The molecule has 2 fully saturated rings. The van der Waals surface area contributed by atoms with Crippen molar-refractivity contribution in [2.24, 2.45) is 11.8 Å². The summed E-state index contributed by atoms with van der Waals surface area (Å²) in [6.07, 6.45) is 2.22. The second-order valence-electron chi connectivity index (χ2n) is 6.96. The van der Waals surface area contributed by atoms with E-state index in [1.165, 1.54) is 6.08 Å². The first kappa shape index (κ1) is 19.2. The van der Waals surface area contributed by atoms with Gasteiger partial charge in [0.2, 0.25) is 11.8 Å². The fourth-order valence-corrected chi connectivity index (χ4v) is 4.40. The van der Waals surface area contributed by atoms with Gasteiger partial charge < -0.3 is 14.9 Å². The van der Waals surface area contributed by atoms with Gasteiger partial charge in [-0.1, -0.05) is 35.8 Å². The minimum Gasteiger partial charge on any atom is -0.392 e. The van der Waals surface area contributed by atoms with Crippen LogP contribution in [0, 0.1) is 11.8 Å². The Balaban J connectivity index is 1.55. The number of benzene rings is 1. The number of fused-ring (bicyclic) bond motifs is 1. The molecule has 2 unspecified atom stereocenters. The van der Waals surface area contributed by atoms with Crippen LogP contribution in [0.3, 0.4) is 0 Å². The Morgan fingerprint density at radius 2 is 1.65 bits per heavy atom. The molecule has 0 aromatic heterocycles. The Morgan fingerprint density at radius 1 is 1.08 bits per heavy atom. The van der Waals surface area contributed by atoms with Crippen LogP contribution in [0.4, 0.5) is 0 Å². The van der Waals surface area contributed by atoms with E-state index < -0.39 is 0 Å². The van der Waals surface area contributed by atoms with Gasteiger partial charge in [-0.15, -0.1) is 0 Å². The summed E-state index contributed by atoms with van der Waals surface area (Å²) < 4.78 is 0. The zero-order valence-electron chi connectivity index (χ0n) is 14.5. The standard InChI is InChI=1S/C19H22Cl2N2O3/c1-2-18(25)22-7-14-9-23(10-15(14)8-22)19(26)4-3-12-5-13(11-24)17(21)6-16(12)20/h2,5-6,14-15,24H,1,3-4,7-11H2. The Morgan fingerprint density at radius 3 is 2.23 bits per heavy atom. The molecule has 2 heterocycles. The molecular weight excluding hydrogens is 375 g/mol. The number of aryl methyl sites for hydroxylation is 1. The largest absolute Gasteiger partial charge is 0.392 e. The van der Waals surface area contributed by atoms with Crippen LogP contribution < -0.4 is 0 Å². The molecule has 2 amide bonds. The number of aliphatic hydroxyl groups excluding tert-OH is 1. The van der Waals surface area contributed by atoms with Gasteiger partial charge in [0, 0.05) is 54.5 Å². The van der Waals surface area contributed by atoms with E-state index in [0.717, 1.165) is 5.56 Å². The van der Waals surface area contributed by atoms with Gasteiger partial charge in [-0.2, -0.15) is 0 Å². The zero-order valence-corrected chi connectivity index (χ0v) is 16.0. The van der Waals surface area contributed by atoms with E-state index >= 15 is 0 Å². The summed E-state index contributed by atoms with van der Waals surface area (Å²) in [7, 11) is 0. The average Bonchev–Trinajstić information content (AvgIpc) is 3.19. The molecule has 0 bridgehead atoms. The van der Waals surface area contributed by atoms with Crippen molar-refractivity contribution in [2.75, 3.05) is 26.2 Å². The molecule has 5 nitrogen and oxygen atoms in total. The fraction of sp³-hybridized carbons (Fsp3) is 0.474. The van der Waals surface area contributed by atoms with E-state index in [4.69, 9.17) is 23.2 Å². The summed E-state index contributed by atoms with van der Waals surface area (Å²) >= 11 is 12.2. The topological polar surface area (TPSA) is 60.9 Å². The molecule has 2 atom stereocenters. The van der Waals surface area contributed by atoms with E-state index in [2.05, 4.69) is 6.58 Å². The van der Waals surface area contributed by atoms with Gasteiger partial charge in [0.05, 0.1) is 6.61 Å². The average molecular weight is 397 g/mol. The van der Waals surface area contributed by atoms with E-state index in [9.17, 15) is 14.7 Å². The number of nitrogens with zero attached hydrogens (tertiary/aromatic N) is 2. The van der Waals surface area contributed by atoms with Crippen LogP contribution in [-0.2, 0) is 22.6 Å². The van der Waals surface area contributed by atoms with Crippen LogP contribution in [0.15, 0.2) is 24.8 Å². The van der Waals surface area contributed by atoms with Crippen LogP contribution in [0.2, 0.25) is 10.0 Å². The van der Waals surface area contributed by atoms with Crippen LogP contribution in [0.5, 0.6) is 0 Å². The Labute approximate surface area is 163 Å². The van der Waals surface area contributed by atoms with E-state index in [1.54, 1.807) is 12.1 Å². The minimum atomic E-state index is -0.160. The normalized spacial score (nSPS) is 21.8. The lowest BCUT2D eigenvalue weighted by Gasteiger charge is -2.21. The lowest BCUT2D eigenvalue weighted by molar-refractivity contribution is -0.130. The van der Waals surface area contributed by atoms with Crippen LogP contribution in [0.1, 0.15) is 17.5 Å². The van der Waals surface area contributed by atoms with Gasteiger partial charge in [0.15, 0.2) is 0 Å². The molecule has 2 aliphatic rings. The first-order valence-electron chi connectivity index (χ1n) is 8.69. The molecule has 2 aliphatic heterocycles. The number of aliphatic hydroxyl groups is 1. The number of likely N-dealkylation sites (tertiary alicyclic amines) is 2. The summed E-state index contributed by atoms with van der Waals surface area (Å²) in [5.74, 6) is 0.762. The maximum atomic E-state index is 12.6. The molecule has 1 aromatic carbocycles. The second-order valence-corrected chi connectivity index (χ2v) is 7.77. The van der Waals surface area contributed by atoms with E-state index in [0.29, 0.717) is 66.5 Å². The molecule has 26 heavy (non-hydrogen) atoms. The monoisotopic (exact) mass is 396 g/mol. The van der Waals surface area contributed by atoms with Crippen molar-refractivity contribution in [3.63, 3.8) is 0 Å². The van der Waals surface area contributed by atoms with E-state index in [1.807, 2.05) is 9.80 Å². The molecule has 3 rings (SSSR count). The SMILES string of the molecule is C=CC(=O)N1CC2CN(C(=O)CCc3cc(CO)c(Cl)cc3Cl)CC2C1. The van der Waals surface area contributed by atoms with Gasteiger partial charge >= 0.3 is 0 Å². The highest BCUT2D eigenvalue weighted by Crippen LogP contribution is 2.32. The van der Waals surface area contributed by atoms with Gasteiger partial charge in [-0.05, 0) is 29.7 Å². The number of hydrogen-bond donors (Lipinski definition) is 1. The quantitative estimate of drug-likeness (QED) is 0.777. The summed E-state index contributed by atoms with van der Waals surface area (Å²) in [4.78, 5) is 28.0. The number of amides is 2. The fourth-order valence-electron chi connectivity index (χ4n) is 3.86. The maximum absolute atomic E-state index is 12.6. The lowest BCUT2D eigenvalue weighted by Crippen LogP contribution is -2.35. The van der Waals surface area contributed by atoms with Gasteiger partial charge in [0.25, 0.3) is 0 Å². The Kier molecular flexibility index (Phi) is 5.90. The van der Waals surface area contributed by atoms with Crippen molar-refractivity contribution >= 4 is 35.0 Å².